The van der Waals surface area contributed by atoms with Crippen LogP contribution in [0.3, 0.4) is 0 Å². The molecule has 168 valence electrons. The van der Waals surface area contributed by atoms with E-state index in [1.165, 1.54) is 7.11 Å². The van der Waals surface area contributed by atoms with Gasteiger partial charge in [-0.25, -0.2) is 0 Å². The molecular weight excluding hydrogens is 444 g/mol. The van der Waals surface area contributed by atoms with Gasteiger partial charge in [-0.05, 0) is 55.0 Å². The van der Waals surface area contributed by atoms with Crippen LogP contribution in [0.1, 0.15) is 31.8 Å². The summed E-state index contributed by atoms with van der Waals surface area (Å²) in [5, 5.41) is 0.555. The Labute approximate surface area is 196 Å². The maximum Gasteiger partial charge on any atom is 0.232 e. The number of hydrogen-bond acceptors (Lipinski definition) is 6. The summed E-state index contributed by atoms with van der Waals surface area (Å²) >= 11 is 5.87. The highest BCUT2D eigenvalue weighted by molar-refractivity contribution is 6.30. The van der Waals surface area contributed by atoms with Crippen molar-refractivity contribution in [2.45, 2.75) is 6.92 Å². The third-order valence-corrected chi connectivity index (χ3v) is 5.45. The molecule has 0 fully saturated rings. The molecule has 3 aromatic carbocycles. The Morgan fingerprint density at radius 3 is 2.52 bits per heavy atom. The first kappa shape index (κ1) is 22.4. The molecule has 1 aliphatic rings. The first-order valence-electron chi connectivity index (χ1n) is 10.1. The van der Waals surface area contributed by atoms with Crippen LogP contribution >= 0.6 is 11.6 Å². The molecule has 0 N–H and O–H groups in total. The number of rotatable bonds is 7. The molecule has 0 saturated heterocycles. The number of allylic oxidation sites excluding steroid dienone is 1. The van der Waals surface area contributed by atoms with Gasteiger partial charge < -0.3 is 18.9 Å². The third kappa shape index (κ3) is 4.56. The van der Waals surface area contributed by atoms with E-state index in [1.54, 1.807) is 74.7 Å². The van der Waals surface area contributed by atoms with E-state index in [0.717, 1.165) is 0 Å². The standard InChI is InChI=1S/C26H21ClO6/c1-15-11-19(32-14-20(28)16-7-9-18(27)10-8-16)13-22-24(15)25(29)23(33-22)12-17-5-4-6-21(30-2)26(17)31-3/h4-13H,14H2,1-3H3/b23-12-. The molecule has 0 bridgehead atoms. The molecular formula is C26H21ClO6. The SMILES string of the molecule is COc1cccc(/C=C2\Oc3cc(OCC(=O)c4ccc(Cl)cc4)cc(C)c3C2=O)c1OC. The topological polar surface area (TPSA) is 71.1 Å². The Morgan fingerprint density at radius 2 is 1.82 bits per heavy atom. The number of Topliss-reactive ketones (excluding diaryl/α,β-unsaturated/α-hetero) is 2. The number of ketones is 2. The highest BCUT2D eigenvalue weighted by Crippen LogP contribution is 2.39. The van der Waals surface area contributed by atoms with Gasteiger partial charge in [0.05, 0.1) is 19.8 Å². The van der Waals surface area contributed by atoms with Gasteiger partial charge in [0.15, 0.2) is 29.6 Å². The van der Waals surface area contributed by atoms with E-state index < -0.39 is 0 Å². The monoisotopic (exact) mass is 464 g/mol. The van der Waals surface area contributed by atoms with Crippen molar-refractivity contribution in [3.63, 3.8) is 0 Å². The highest BCUT2D eigenvalue weighted by atomic mass is 35.5. The van der Waals surface area contributed by atoms with Gasteiger partial charge in [0, 0.05) is 22.2 Å². The van der Waals surface area contributed by atoms with Gasteiger partial charge >= 0.3 is 0 Å². The van der Waals surface area contributed by atoms with Crippen LogP contribution in [-0.2, 0) is 0 Å². The molecule has 33 heavy (non-hydrogen) atoms. The second-order valence-electron chi connectivity index (χ2n) is 7.35. The van der Waals surface area contributed by atoms with Gasteiger partial charge in [0.2, 0.25) is 5.78 Å². The van der Waals surface area contributed by atoms with Gasteiger partial charge in [0.25, 0.3) is 0 Å². The maximum absolute atomic E-state index is 13.0. The van der Waals surface area contributed by atoms with E-state index in [-0.39, 0.29) is 23.9 Å². The molecule has 7 heteroatoms. The summed E-state index contributed by atoms with van der Waals surface area (Å²) < 4.78 is 22.3. The molecule has 0 atom stereocenters. The van der Waals surface area contributed by atoms with Crippen LogP contribution in [0.15, 0.2) is 60.4 Å². The molecule has 0 aromatic heterocycles. The predicted molar refractivity (Wildman–Crippen MR) is 125 cm³/mol. The van der Waals surface area contributed by atoms with E-state index in [1.807, 2.05) is 0 Å². The lowest BCUT2D eigenvalue weighted by molar-refractivity contribution is 0.0920. The van der Waals surface area contributed by atoms with Crippen LogP contribution in [0.4, 0.5) is 0 Å². The van der Waals surface area contributed by atoms with Crippen molar-refractivity contribution in [1.29, 1.82) is 0 Å². The van der Waals surface area contributed by atoms with Crippen molar-refractivity contribution in [3.8, 4) is 23.0 Å². The van der Waals surface area contributed by atoms with E-state index in [4.69, 9.17) is 30.5 Å². The first-order chi connectivity index (χ1) is 15.9. The predicted octanol–water partition coefficient (Wildman–Crippen LogP) is 5.54. The number of carbonyl (C=O) groups excluding carboxylic acids is 2. The number of carbonyl (C=O) groups is 2. The van der Waals surface area contributed by atoms with Crippen LogP contribution in [-0.4, -0.2) is 32.4 Å². The minimum atomic E-state index is -0.240. The number of methoxy groups -OCH3 is 2. The van der Waals surface area contributed by atoms with Gasteiger partial charge in [-0.2, -0.15) is 0 Å². The summed E-state index contributed by atoms with van der Waals surface area (Å²) in [6, 6.07) is 15.3. The van der Waals surface area contributed by atoms with Crippen LogP contribution in [0.25, 0.3) is 6.08 Å². The Kier molecular flexibility index (Phi) is 6.38. The number of para-hydroxylation sites is 1. The first-order valence-corrected chi connectivity index (χ1v) is 10.5. The quantitative estimate of drug-likeness (QED) is 0.337. The molecule has 0 saturated carbocycles. The van der Waals surface area contributed by atoms with Crippen LogP contribution < -0.4 is 18.9 Å². The summed E-state index contributed by atoms with van der Waals surface area (Å²) in [7, 11) is 3.08. The minimum Gasteiger partial charge on any atom is -0.493 e. The number of halogens is 1. The fourth-order valence-electron chi connectivity index (χ4n) is 3.60. The molecule has 1 aliphatic heterocycles. The van der Waals surface area contributed by atoms with Crippen LogP contribution in [0.5, 0.6) is 23.0 Å². The second-order valence-corrected chi connectivity index (χ2v) is 7.79. The summed E-state index contributed by atoms with van der Waals surface area (Å²) in [5.74, 6) is 1.59. The molecule has 6 nitrogen and oxygen atoms in total. The molecule has 0 amide bonds. The van der Waals surface area contributed by atoms with Crippen LogP contribution in [0.2, 0.25) is 5.02 Å². The Balaban J connectivity index is 1.56. The lowest BCUT2D eigenvalue weighted by atomic mass is 10.0. The second kappa shape index (κ2) is 9.38. The van der Waals surface area contributed by atoms with Gasteiger partial charge in [-0.1, -0.05) is 23.7 Å². The molecule has 0 aliphatic carbocycles. The molecule has 0 radical (unpaired) electrons. The van der Waals surface area contributed by atoms with E-state index in [2.05, 4.69) is 0 Å². The van der Waals surface area contributed by atoms with Crippen molar-refractivity contribution >= 4 is 29.2 Å². The number of benzene rings is 3. The van der Waals surface area contributed by atoms with Gasteiger partial charge in [0.1, 0.15) is 11.5 Å². The van der Waals surface area contributed by atoms with Gasteiger partial charge in [-0.15, -0.1) is 0 Å². The molecule has 1 heterocycles. The van der Waals surface area contributed by atoms with Crippen molar-refractivity contribution in [3.05, 3.63) is 87.6 Å². The molecule has 3 aromatic rings. The number of ether oxygens (including phenoxy) is 4. The van der Waals surface area contributed by atoms with E-state index >= 15 is 0 Å². The smallest absolute Gasteiger partial charge is 0.232 e. The Bertz CT molecular complexity index is 1260. The van der Waals surface area contributed by atoms with Crippen molar-refractivity contribution < 1.29 is 28.5 Å². The zero-order valence-electron chi connectivity index (χ0n) is 18.3. The minimum absolute atomic E-state index is 0.155. The summed E-state index contributed by atoms with van der Waals surface area (Å²) in [6.07, 6.45) is 1.62. The van der Waals surface area contributed by atoms with Crippen molar-refractivity contribution in [1.82, 2.24) is 0 Å². The summed E-state index contributed by atoms with van der Waals surface area (Å²) in [6.45, 7) is 1.64. The normalized spacial score (nSPS) is 13.5. The largest absolute Gasteiger partial charge is 0.493 e. The molecule has 0 unspecified atom stereocenters. The fraction of sp³-hybridized carbons (Fsp3) is 0.154. The Morgan fingerprint density at radius 1 is 1.06 bits per heavy atom. The number of hydrogen-bond donors (Lipinski definition) is 0. The zero-order chi connectivity index (χ0) is 23.5. The highest BCUT2D eigenvalue weighted by Gasteiger charge is 2.30. The lowest BCUT2D eigenvalue weighted by Gasteiger charge is -2.10. The Hall–Kier alpha value is -3.77. The average Bonchev–Trinajstić information content (AvgIpc) is 3.13. The average molecular weight is 465 g/mol. The van der Waals surface area contributed by atoms with E-state index in [9.17, 15) is 9.59 Å². The third-order valence-electron chi connectivity index (χ3n) is 5.20. The molecule has 0 spiro atoms. The summed E-state index contributed by atoms with van der Waals surface area (Å²) in [5.41, 5.74) is 2.30. The maximum atomic E-state index is 13.0. The zero-order valence-corrected chi connectivity index (χ0v) is 19.1. The van der Waals surface area contributed by atoms with Crippen LogP contribution in [0, 0.1) is 6.92 Å². The van der Waals surface area contributed by atoms with Crippen molar-refractivity contribution in [2.75, 3.05) is 20.8 Å². The summed E-state index contributed by atoms with van der Waals surface area (Å²) in [4.78, 5) is 25.4. The lowest BCUT2D eigenvalue weighted by Crippen LogP contribution is -2.11. The fourth-order valence-corrected chi connectivity index (χ4v) is 3.72. The molecule has 4 rings (SSSR count). The van der Waals surface area contributed by atoms with E-state index in [0.29, 0.717) is 50.3 Å². The van der Waals surface area contributed by atoms with Crippen molar-refractivity contribution in [2.24, 2.45) is 0 Å². The number of fused-ring (bicyclic) bond motifs is 1. The number of aryl methyl sites for hydroxylation is 1. The van der Waals surface area contributed by atoms with Gasteiger partial charge in [-0.3, -0.25) is 9.59 Å².